The number of carbonyl (C=O) groups excluding carboxylic acids is 1. The lowest BCUT2D eigenvalue weighted by Crippen LogP contribution is -2.42. The van der Waals surface area contributed by atoms with Crippen molar-refractivity contribution in [3.05, 3.63) is 54.1 Å². The lowest BCUT2D eigenvalue weighted by molar-refractivity contribution is -0.147. The molecule has 1 aromatic heterocycles. The van der Waals surface area contributed by atoms with Crippen molar-refractivity contribution < 1.29 is 19.4 Å². The number of nitrogens with one attached hydrogen (secondary N) is 1. The van der Waals surface area contributed by atoms with Crippen LogP contribution >= 0.6 is 0 Å². The summed E-state index contributed by atoms with van der Waals surface area (Å²) in [5, 5.41) is 13.8. The molecule has 0 radical (unpaired) electrons. The summed E-state index contributed by atoms with van der Waals surface area (Å²) >= 11 is 0. The first-order chi connectivity index (χ1) is 15.1. The Morgan fingerprint density at radius 3 is 2.90 bits per heavy atom. The number of hydrogen-bond acceptors (Lipinski definition) is 8. The number of hydrogen-bond donors (Lipinski definition) is 2. The van der Waals surface area contributed by atoms with Crippen LogP contribution in [0, 0.1) is 5.92 Å². The predicted octanol–water partition coefficient (Wildman–Crippen LogP) is 1.43. The number of rotatable bonds is 11. The molecule has 1 aliphatic rings. The zero-order chi connectivity index (χ0) is 21.9. The summed E-state index contributed by atoms with van der Waals surface area (Å²) < 4.78 is 10.6. The normalized spacial score (nSPS) is 16.1. The average Bonchev–Trinajstić information content (AvgIpc) is 2.81. The van der Waals surface area contributed by atoms with E-state index < -0.39 is 6.10 Å². The molecule has 1 fully saturated rings. The number of aliphatic hydroxyl groups is 1. The standard InChI is InChI=1S/C23H32N4O4/c1-30-23(29)19-6-11-27(12-7-19)16-21(28)17-31-22-4-2-3-18(13-22)14-24-8-5-20-15-25-9-10-26-20/h2-4,9-10,13,15,19,21,24,28H,5-8,11-12,14,16-17H2,1H3/t21-/m0/s1. The molecule has 1 aliphatic heterocycles. The monoisotopic (exact) mass is 428 g/mol. The van der Waals surface area contributed by atoms with E-state index in [0.29, 0.717) is 6.54 Å². The third kappa shape index (κ3) is 7.90. The Bertz CT molecular complexity index is 797. The fourth-order valence-corrected chi connectivity index (χ4v) is 3.71. The molecule has 0 spiro atoms. The maximum absolute atomic E-state index is 11.6. The van der Waals surface area contributed by atoms with Crippen LogP contribution in [0.25, 0.3) is 0 Å². The zero-order valence-corrected chi connectivity index (χ0v) is 18.1. The Kier molecular flexibility index (Phi) is 9.20. The van der Waals surface area contributed by atoms with Gasteiger partial charge in [0.05, 0.1) is 18.7 Å². The fraction of sp³-hybridized carbons (Fsp3) is 0.522. The van der Waals surface area contributed by atoms with Gasteiger partial charge in [0.2, 0.25) is 0 Å². The Morgan fingerprint density at radius 1 is 1.32 bits per heavy atom. The average molecular weight is 429 g/mol. The van der Waals surface area contributed by atoms with E-state index in [1.54, 1.807) is 18.6 Å². The van der Waals surface area contributed by atoms with Gasteiger partial charge in [-0.05, 0) is 43.6 Å². The van der Waals surface area contributed by atoms with Crippen molar-refractivity contribution in [2.75, 3.05) is 39.9 Å². The van der Waals surface area contributed by atoms with Crippen LogP contribution in [0.3, 0.4) is 0 Å². The third-order valence-electron chi connectivity index (χ3n) is 5.44. The van der Waals surface area contributed by atoms with E-state index in [0.717, 1.165) is 62.4 Å². The zero-order valence-electron chi connectivity index (χ0n) is 18.1. The van der Waals surface area contributed by atoms with Crippen LogP contribution in [0.4, 0.5) is 0 Å². The quantitative estimate of drug-likeness (QED) is 0.410. The topological polar surface area (TPSA) is 96.8 Å². The van der Waals surface area contributed by atoms with Gasteiger partial charge in [0.25, 0.3) is 0 Å². The molecule has 2 N–H and O–H groups in total. The number of likely N-dealkylation sites (tertiary alicyclic amines) is 1. The second kappa shape index (κ2) is 12.3. The number of methoxy groups -OCH3 is 1. The predicted molar refractivity (Wildman–Crippen MR) is 117 cm³/mol. The minimum absolute atomic E-state index is 0.0217. The number of aliphatic hydroxyl groups excluding tert-OH is 1. The van der Waals surface area contributed by atoms with E-state index in [-0.39, 0.29) is 18.5 Å². The van der Waals surface area contributed by atoms with Gasteiger partial charge in [-0.25, -0.2) is 0 Å². The molecule has 8 heteroatoms. The summed E-state index contributed by atoms with van der Waals surface area (Å²) in [7, 11) is 1.43. The molecule has 0 bridgehead atoms. The highest BCUT2D eigenvalue weighted by molar-refractivity contribution is 5.72. The summed E-state index contributed by atoms with van der Waals surface area (Å²) in [5.74, 6) is 0.593. The van der Waals surface area contributed by atoms with Crippen molar-refractivity contribution in [2.24, 2.45) is 5.92 Å². The van der Waals surface area contributed by atoms with E-state index in [9.17, 15) is 9.90 Å². The number of benzene rings is 1. The molecule has 0 unspecified atom stereocenters. The smallest absolute Gasteiger partial charge is 0.308 e. The van der Waals surface area contributed by atoms with E-state index >= 15 is 0 Å². The lowest BCUT2D eigenvalue weighted by atomic mass is 9.97. The van der Waals surface area contributed by atoms with Gasteiger partial charge < -0.3 is 24.8 Å². The molecule has 0 aliphatic carbocycles. The van der Waals surface area contributed by atoms with Gasteiger partial charge in [0.15, 0.2) is 0 Å². The fourth-order valence-electron chi connectivity index (χ4n) is 3.71. The number of esters is 1. The van der Waals surface area contributed by atoms with E-state index in [1.165, 1.54) is 7.11 Å². The molecule has 168 valence electrons. The van der Waals surface area contributed by atoms with Gasteiger partial charge in [-0.1, -0.05) is 12.1 Å². The second-order valence-electron chi connectivity index (χ2n) is 7.83. The molecule has 0 saturated carbocycles. The van der Waals surface area contributed by atoms with Gasteiger partial charge in [-0.2, -0.15) is 0 Å². The maximum Gasteiger partial charge on any atom is 0.308 e. The van der Waals surface area contributed by atoms with Crippen molar-refractivity contribution in [1.29, 1.82) is 0 Å². The Labute approximate surface area is 183 Å². The molecule has 3 rings (SSSR count). The van der Waals surface area contributed by atoms with Crippen molar-refractivity contribution >= 4 is 5.97 Å². The van der Waals surface area contributed by atoms with E-state index in [1.807, 2.05) is 24.3 Å². The first kappa shape index (κ1) is 23.1. The minimum atomic E-state index is -0.580. The van der Waals surface area contributed by atoms with Crippen LogP contribution in [0.2, 0.25) is 0 Å². The molecule has 0 amide bonds. The summed E-state index contributed by atoms with van der Waals surface area (Å²) in [6.07, 6.45) is 6.94. The number of β-amino-alcohol motifs (C(OH)–C–C–N with tert-alkyl or cyclic N) is 1. The van der Waals surface area contributed by atoms with Crippen LogP contribution in [0.5, 0.6) is 5.75 Å². The summed E-state index contributed by atoms with van der Waals surface area (Å²) in [5.41, 5.74) is 2.09. The second-order valence-corrected chi connectivity index (χ2v) is 7.83. The molecule has 1 atom stereocenters. The Morgan fingerprint density at radius 2 is 2.16 bits per heavy atom. The number of carbonyl (C=O) groups is 1. The highest BCUT2D eigenvalue weighted by atomic mass is 16.5. The first-order valence-corrected chi connectivity index (χ1v) is 10.8. The van der Waals surface area contributed by atoms with Crippen molar-refractivity contribution in [3.63, 3.8) is 0 Å². The summed E-state index contributed by atoms with van der Waals surface area (Å²) in [6, 6.07) is 7.89. The third-order valence-corrected chi connectivity index (χ3v) is 5.44. The number of aromatic nitrogens is 2. The highest BCUT2D eigenvalue weighted by Gasteiger charge is 2.26. The van der Waals surface area contributed by atoms with Crippen LogP contribution in [-0.4, -0.2) is 71.9 Å². The van der Waals surface area contributed by atoms with Gasteiger partial charge in [0.1, 0.15) is 18.5 Å². The van der Waals surface area contributed by atoms with Crippen LogP contribution in [0.1, 0.15) is 24.1 Å². The molecule has 1 saturated heterocycles. The SMILES string of the molecule is COC(=O)C1CCN(C[C@H](O)COc2cccc(CNCCc3cnccn3)c2)CC1. The summed E-state index contributed by atoms with van der Waals surface area (Å²) in [4.78, 5) is 22.1. The van der Waals surface area contributed by atoms with Crippen molar-refractivity contribution in [3.8, 4) is 5.75 Å². The van der Waals surface area contributed by atoms with E-state index in [4.69, 9.17) is 9.47 Å². The number of nitrogens with zero attached hydrogens (tertiary/aromatic N) is 3. The van der Waals surface area contributed by atoms with Gasteiger partial charge in [-0.15, -0.1) is 0 Å². The molecular formula is C23H32N4O4. The van der Waals surface area contributed by atoms with Crippen LogP contribution < -0.4 is 10.1 Å². The Hall–Kier alpha value is -2.55. The molecule has 31 heavy (non-hydrogen) atoms. The van der Waals surface area contributed by atoms with Crippen molar-refractivity contribution in [2.45, 2.75) is 31.9 Å². The lowest BCUT2D eigenvalue weighted by Gasteiger charge is -2.31. The van der Waals surface area contributed by atoms with Crippen LogP contribution in [0.15, 0.2) is 42.9 Å². The molecule has 8 nitrogen and oxygen atoms in total. The summed E-state index contributed by atoms with van der Waals surface area (Å²) in [6.45, 7) is 3.89. The van der Waals surface area contributed by atoms with Crippen molar-refractivity contribution in [1.82, 2.24) is 20.2 Å². The molecular weight excluding hydrogens is 396 g/mol. The van der Waals surface area contributed by atoms with Crippen LogP contribution in [-0.2, 0) is 22.5 Å². The first-order valence-electron chi connectivity index (χ1n) is 10.8. The minimum Gasteiger partial charge on any atom is -0.491 e. The number of ether oxygens (including phenoxy) is 2. The van der Waals surface area contributed by atoms with E-state index in [2.05, 4.69) is 20.2 Å². The Balaban J connectivity index is 1.34. The van der Waals surface area contributed by atoms with Gasteiger partial charge in [0, 0.05) is 44.6 Å². The van der Waals surface area contributed by atoms with Gasteiger partial charge >= 0.3 is 5.97 Å². The molecule has 2 heterocycles. The molecule has 2 aromatic rings. The van der Waals surface area contributed by atoms with Gasteiger partial charge in [-0.3, -0.25) is 14.8 Å². The maximum atomic E-state index is 11.6. The number of piperidine rings is 1. The molecule has 1 aromatic carbocycles. The largest absolute Gasteiger partial charge is 0.491 e. The highest BCUT2D eigenvalue weighted by Crippen LogP contribution is 2.19.